The lowest BCUT2D eigenvalue weighted by atomic mass is 9.91. The first-order valence-corrected chi connectivity index (χ1v) is 4.42. The van der Waals surface area contributed by atoms with Gasteiger partial charge in [-0.15, -0.1) is 0 Å². The van der Waals surface area contributed by atoms with Crippen LogP contribution in [0.2, 0.25) is 0 Å². The summed E-state index contributed by atoms with van der Waals surface area (Å²) in [5, 5.41) is 8.98. The predicted molar refractivity (Wildman–Crippen MR) is 53.6 cm³/mol. The maximum atomic E-state index is 10.9. The molecule has 14 heavy (non-hydrogen) atoms. The number of likely N-dealkylation sites (N-methyl/N-ethyl adjacent to an activating group) is 1. The van der Waals surface area contributed by atoms with Crippen molar-refractivity contribution in [3.05, 3.63) is 47.7 Å². The average Bonchev–Trinajstić information content (AvgIpc) is 2.17. The summed E-state index contributed by atoms with van der Waals surface area (Å²) in [6, 6.07) is 0.0658. The molecule has 0 spiro atoms. The van der Waals surface area contributed by atoms with Gasteiger partial charge in [0.1, 0.15) is 0 Å². The van der Waals surface area contributed by atoms with Gasteiger partial charge >= 0.3 is 5.97 Å². The lowest BCUT2D eigenvalue weighted by Crippen LogP contribution is -2.32. The van der Waals surface area contributed by atoms with Gasteiger partial charge in [-0.2, -0.15) is 0 Å². The minimum atomic E-state index is -0.866. The molecule has 0 aromatic carbocycles. The van der Waals surface area contributed by atoms with Crippen LogP contribution in [0.3, 0.4) is 0 Å². The second-order valence-electron chi connectivity index (χ2n) is 3.34. The van der Waals surface area contributed by atoms with E-state index in [1.807, 2.05) is 36.4 Å². The van der Waals surface area contributed by atoms with Gasteiger partial charge in [-0.1, -0.05) is 18.2 Å². The number of allylic oxidation sites excluding steroid dienone is 4. The standard InChI is InChI=1S/C11H11NO2/c1-12-7-3-5-8-9(11(13)14)4-2-6-10(8)12/h2-7,10H,1H3,(H,13,14). The molecule has 0 radical (unpaired) electrons. The second-order valence-corrected chi connectivity index (χ2v) is 3.34. The van der Waals surface area contributed by atoms with Crippen LogP contribution in [0.15, 0.2) is 47.7 Å². The monoisotopic (exact) mass is 189 g/mol. The molecule has 0 aromatic rings. The number of carboxylic acids is 1. The molecule has 1 N–H and O–H groups in total. The summed E-state index contributed by atoms with van der Waals surface area (Å²) >= 11 is 0. The topological polar surface area (TPSA) is 40.5 Å². The van der Waals surface area contributed by atoms with Crippen LogP contribution in [0.1, 0.15) is 0 Å². The van der Waals surface area contributed by atoms with Crippen LogP contribution in [-0.2, 0) is 4.79 Å². The van der Waals surface area contributed by atoms with Gasteiger partial charge in [0.25, 0.3) is 0 Å². The van der Waals surface area contributed by atoms with Crippen molar-refractivity contribution in [1.29, 1.82) is 0 Å². The predicted octanol–water partition coefficient (Wildman–Crippen LogP) is 1.32. The number of carbonyl (C=O) groups is 1. The average molecular weight is 189 g/mol. The van der Waals surface area contributed by atoms with Crippen LogP contribution in [0, 0.1) is 0 Å². The Balaban J connectivity index is 2.43. The van der Waals surface area contributed by atoms with E-state index in [2.05, 4.69) is 0 Å². The molecule has 2 rings (SSSR count). The molecular formula is C11H11NO2. The minimum absolute atomic E-state index is 0.0658. The molecule has 2 aliphatic rings. The van der Waals surface area contributed by atoms with Crippen molar-refractivity contribution in [2.45, 2.75) is 6.04 Å². The van der Waals surface area contributed by atoms with Gasteiger partial charge in [0.2, 0.25) is 0 Å². The van der Waals surface area contributed by atoms with Crippen molar-refractivity contribution < 1.29 is 9.90 Å². The Hall–Kier alpha value is -1.77. The molecule has 0 saturated carbocycles. The summed E-state index contributed by atoms with van der Waals surface area (Å²) in [5.41, 5.74) is 1.23. The third-order valence-electron chi connectivity index (χ3n) is 2.45. The molecule has 1 aliphatic heterocycles. The molecule has 1 heterocycles. The fraction of sp³-hybridized carbons (Fsp3) is 0.182. The first-order chi connectivity index (χ1) is 6.70. The van der Waals surface area contributed by atoms with E-state index in [1.54, 1.807) is 12.2 Å². The Morgan fingerprint density at radius 2 is 2.21 bits per heavy atom. The molecule has 0 saturated heterocycles. The number of hydrogen-bond acceptors (Lipinski definition) is 2. The smallest absolute Gasteiger partial charge is 0.336 e. The highest BCUT2D eigenvalue weighted by molar-refractivity contribution is 5.93. The van der Waals surface area contributed by atoms with Gasteiger partial charge in [0, 0.05) is 7.05 Å². The molecule has 3 nitrogen and oxygen atoms in total. The zero-order valence-electron chi connectivity index (χ0n) is 7.84. The summed E-state index contributed by atoms with van der Waals surface area (Å²) in [4.78, 5) is 12.9. The van der Waals surface area contributed by atoms with Crippen molar-refractivity contribution in [3.63, 3.8) is 0 Å². The van der Waals surface area contributed by atoms with E-state index >= 15 is 0 Å². The fourth-order valence-electron chi connectivity index (χ4n) is 1.73. The molecule has 1 atom stereocenters. The van der Waals surface area contributed by atoms with Crippen molar-refractivity contribution in [1.82, 2.24) is 4.90 Å². The first-order valence-electron chi connectivity index (χ1n) is 4.42. The molecule has 0 amide bonds. The Kier molecular flexibility index (Phi) is 2.00. The Labute approximate surface area is 82.3 Å². The van der Waals surface area contributed by atoms with Crippen LogP contribution in [0.4, 0.5) is 0 Å². The van der Waals surface area contributed by atoms with E-state index in [-0.39, 0.29) is 6.04 Å². The van der Waals surface area contributed by atoms with Gasteiger partial charge in [0.05, 0.1) is 11.6 Å². The van der Waals surface area contributed by atoms with Gasteiger partial charge in [-0.05, 0) is 23.9 Å². The van der Waals surface area contributed by atoms with E-state index in [9.17, 15) is 4.79 Å². The number of fused-ring (bicyclic) bond motifs is 1. The van der Waals surface area contributed by atoms with Gasteiger partial charge in [-0.25, -0.2) is 4.79 Å². The summed E-state index contributed by atoms with van der Waals surface area (Å²) < 4.78 is 0. The third kappa shape index (κ3) is 1.27. The lowest BCUT2D eigenvalue weighted by Gasteiger charge is -2.31. The van der Waals surface area contributed by atoms with E-state index in [0.29, 0.717) is 5.57 Å². The van der Waals surface area contributed by atoms with E-state index in [1.165, 1.54) is 0 Å². The maximum Gasteiger partial charge on any atom is 0.336 e. The van der Waals surface area contributed by atoms with Crippen LogP contribution in [0.5, 0.6) is 0 Å². The van der Waals surface area contributed by atoms with Crippen LogP contribution < -0.4 is 0 Å². The van der Waals surface area contributed by atoms with Gasteiger partial charge < -0.3 is 10.0 Å². The number of aliphatic carboxylic acids is 1. The summed E-state index contributed by atoms with van der Waals surface area (Å²) in [7, 11) is 1.93. The van der Waals surface area contributed by atoms with Crippen LogP contribution >= 0.6 is 0 Å². The highest BCUT2D eigenvalue weighted by Crippen LogP contribution is 2.26. The van der Waals surface area contributed by atoms with E-state index in [4.69, 9.17) is 5.11 Å². The van der Waals surface area contributed by atoms with Gasteiger partial charge in [-0.3, -0.25) is 0 Å². The SMILES string of the molecule is CN1C=CC=C2C(C(=O)O)=CC=CC21. The summed E-state index contributed by atoms with van der Waals surface area (Å²) in [5.74, 6) is -0.866. The zero-order valence-corrected chi connectivity index (χ0v) is 7.84. The lowest BCUT2D eigenvalue weighted by molar-refractivity contribution is -0.132. The molecule has 1 aliphatic carbocycles. The second kappa shape index (κ2) is 3.18. The van der Waals surface area contributed by atoms with Crippen LogP contribution in [0.25, 0.3) is 0 Å². The third-order valence-corrected chi connectivity index (χ3v) is 2.45. The Morgan fingerprint density at radius 1 is 1.43 bits per heavy atom. The van der Waals surface area contributed by atoms with Crippen LogP contribution in [-0.4, -0.2) is 29.1 Å². The van der Waals surface area contributed by atoms with Crippen molar-refractivity contribution >= 4 is 5.97 Å². The quantitative estimate of drug-likeness (QED) is 0.676. The highest BCUT2D eigenvalue weighted by atomic mass is 16.4. The first kappa shape index (κ1) is 8.81. The minimum Gasteiger partial charge on any atom is -0.478 e. The molecule has 0 aromatic heterocycles. The fourth-order valence-corrected chi connectivity index (χ4v) is 1.73. The summed E-state index contributed by atoms with van der Waals surface area (Å²) in [6.45, 7) is 0. The number of rotatable bonds is 1. The number of hydrogen-bond donors (Lipinski definition) is 1. The normalized spacial score (nSPS) is 24.1. The molecule has 0 bridgehead atoms. The Morgan fingerprint density at radius 3 is 2.93 bits per heavy atom. The van der Waals surface area contributed by atoms with Crippen molar-refractivity contribution in [2.75, 3.05) is 7.05 Å². The number of carboxylic acid groups (broad SMARTS) is 1. The highest BCUT2D eigenvalue weighted by Gasteiger charge is 2.25. The van der Waals surface area contributed by atoms with E-state index in [0.717, 1.165) is 5.57 Å². The number of nitrogens with zero attached hydrogens (tertiary/aromatic N) is 1. The molecule has 3 heteroatoms. The van der Waals surface area contributed by atoms with Crippen molar-refractivity contribution in [3.8, 4) is 0 Å². The zero-order chi connectivity index (χ0) is 10.1. The molecule has 1 unspecified atom stereocenters. The van der Waals surface area contributed by atoms with E-state index < -0.39 is 5.97 Å². The maximum absolute atomic E-state index is 10.9. The summed E-state index contributed by atoms with van der Waals surface area (Å²) in [6.07, 6.45) is 11.1. The largest absolute Gasteiger partial charge is 0.478 e. The Bertz CT molecular complexity index is 388. The molecule has 72 valence electrons. The molecular weight excluding hydrogens is 178 g/mol. The van der Waals surface area contributed by atoms with Gasteiger partial charge in [0.15, 0.2) is 0 Å². The van der Waals surface area contributed by atoms with Crippen molar-refractivity contribution in [2.24, 2.45) is 0 Å². The molecule has 0 fully saturated rings.